The van der Waals surface area contributed by atoms with Gasteiger partial charge in [-0.2, -0.15) is 0 Å². The Hall–Kier alpha value is -3.17. The van der Waals surface area contributed by atoms with E-state index in [9.17, 15) is 4.79 Å². The zero-order valence-electron chi connectivity index (χ0n) is 15.0. The number of hydrogen-bond donors (Lipinski definition) is 0. The summed E-state index contributed by atoms with van der Waals surface area (Å²) in [6.07, 6.45) is 4.13. The van der Waals surface area contributed by atoms with Gasteiger partial charge in [-0.25, -0.2) is 0 Å². The van der Waals surface area contributed by atoms with Crippen molar-refractivity contribution >= 4 is 28.1 Å². The number of rotatable bonds is 4. The number of benzene rings is 3. The van der Waals surface area contributed by atoms with E-state index in [1.54, 1.807) is 0 Å². The molecule has 4 rings (SSSR count). The van der Waals surface area contributed by atoms with Crippen molar-refractivity contribution in [3.63, 3.8) is 0 Å². The molecule has 0 saturated heterocycles. The molecular weight excluding hydrogens is 412 g/mol. The molecule has 28 heavy (non-hydrogen) atoms. The van der Waals surface area contributed by atoms with Crippen molar-refractivity contribution in [1.29, 1.82) is 0 Å². The SMILES string of the molecule is O=c1cc(-c2ccccc2)oc(-c2ccc(/C=C/c3ccc(Br)cc3)cc2)c1. The fourth-order valence-electron chi connectivity index (χ4n) is 2.89. The van der Waals surface area contributed by atoms with Gasteiger partial charge < -0.3 is 4.42 Å². The maximum absolute atomic E-state index is 12.1. The van der Waals surface area contributed by atoms with E-state index in [1.807, 2.05) is 66.7 Å². The Labute approximate surface area is 171 Å². The van der Waals surface area contributed by atoms with Gasteiger partial charge in [0.2, 0.25) is 0 Å². The first-order valence-electron chi connectivity index (χ1n) is 8.92. The Bertz CT molecular complexity index is 1160. The lowest BCUT2D eigenvalue weighted by molar-refractivity contribution is 0.580. The largest absolute Gasteiger partial charge is 0.456 e. The Kier molecular flexibility index (Phi) is 5.36. The molecule has 136 valence electrons. The van der Waals surface area contributed by atoms with Gasteiger partial charge in [0.1, 0.15) is 11.5 Å². The third kappa shape index (κ3) is 4.38. The van der Waals surface area contributed by atoms with Gasteiger partial charge in [-0.05, 0) is 23.3 Å². The molecule has 0 saturated carbocycles. The van der Waals surface area contributed by atoms with Gasteiger partial charge in [0.05, 0.1) is 0 Å². The molecule has 0 N–H and O–H groups in total. The summed E-state index contributed by atoms with van der Waals surface area (Å²) in [7, 11) is 0. The predicted molar refractivity (Wildman–Crippen MR) is 119 cm³/mol. The van der Waals surface area contributed by atoms with Crippen LogP contribution in [-0.4, -0.2) is 0 Å². The van der Waals surface area contributed by atoms with E-state index in [1.165, 1.54) is 12.1 Å². The summed E-state index contributed by atoms with van der Waals surface area (Å²) >= 11 is 3.44. The van der Waals surface area contributed by atoms with E-state index >= 15 is 0 Å². The first-order chi connectivity index (χ1) is 13.7. The highest BCUT2D eigenvalue weighted by atomic mass is 79.9. The molecule has 2 nitrogen and oxygen atoms in total. The van der Waals surface area contributed by atoms with Gasteiger partial charge in [0.25, 0.3) is 0 Å². The van der Waals surface area contributed by atoms with Gasteiger partial charge in [-0.15, -0.1) is 0 Å². The van der Waals surface area contributed by atoms with Gasteiger partial charge in [0, 0.05) is 27.7 Å². The second kappa shape index (κ2) is 8.24. The minimum absolute atomic E-state index is 0.0701. The van der Waals surface area contributed by atoms with E-state index in [-0.39, 0.29) is 5.43 Å². The Morgan fingerprint density at radius 2 is 1.14 bits per heavy atom. The second-order valence-corrected chi connectivity index (χ2v) is 7.31. The van der Waals surface area contributed by atoms with E-state index in [4.69, 9.17) is 4.42 Å². The van der Waals surface area contributed by atoms with Crippen LogP contribution in [0.2, 0.25) is 0 Å². The van der Waals surface area contributed by atoms with Crippen LogP contribution in [0.25, 0.3) is 34.8 Å². The molecule has 0 fully saturated rings. The van der Waals surface area contributed by atoms with Crippen LogP contribution < -0.4 is 5.43 Å². The summed E-state index contributed by atoms with van der Waals surface area (Å²) in [5, 5.41) is 0. The van der Waals surface area contributed by atoms with Crippen molar-refractivity contribution in [1.82, 2.24) is 0 Å². The summed E-state index contributed by atoms with van der Waals surface area (Å²) in [6.45, 7) is 0. The summed E-state index contributed by atoms with van der Waals surface area (Å²) < 4.78 is 7.05. The number of hydrogen-bond acceptors (Lipinski definition) is 2. The summed E-state index contributed by atoms with van der Waals surface area (Å²) in [4.78, 5) is 12.1. The van der Waals surface area contributed by atoms with Gasteiger partial charge in [-0.1, -0.05) is 94.8 Å². The fraction of sp³-hybridized carbons (Fsp3) is 0. The minimum Gasteiger partial charge on any atom is -0.456 e. The van der Waals surface area contributed by atoms with Crippen LogP contribution in [0.15, 0.2) is 105 Å². The van der Waals surface area contributed by atoms with E-state index in [0.29, 0.717) is 11.5 Å². The molecule has 0 amide bonds. The lowest BCUT2D eigenvalue weighted by Gasteiger charge is -2.05. The van der Waals surface area contributed by atoms with E-state index < -0.39 is 0 Å². The highest BCUT2D eigenvalue weighted by molar-refractivity contribution is 9.10. The molecule has 0 aliphatic heterocycles. The Morgan fingerprint density at radius 3 is 1.71 bits per heavy atom. The van der Waals surface area contributed by atoms with Crippen molar-refractivity contribution in [3.8, 4) is 22.6 Å². The zero-order chi connectivity index (χ0) is 19.3. The van der Waals surface area contributed by atoms with E-state index in [2.05, 4.69) is 40.2 Å². The van der Waals surface area contributed by atoms with Crippen molar-refractivity contribution < 1.29 is 4.42 Å². The van der Waals surface area contributed by atoms with Gasteiger partial charge in [0.15, 0.2) is 5.43 Å². The molecule has 0 aliphatic carbocycles. The number of halogens is 1. The summed E-state index contributed by atoms with van der Waals surface area (Å²) in [6, 6.07) is 28.8. The molecule has 0 unspecified atom stereocenters. The molecule has 3 heteroatoms. The molecule has 3 aromatic carbocycles. The Morgan fingerprint density at radius 1 is 0.643 bits per heavy atom. The van der Waals surface area contributed by atoms with Crippen LogP contribution in [0.1, 0.15) is 11.1 Å². The highest BCUT2D eigenvalue weighted by Gasteiger charge is 2.07. The maximum Gasteiger partial charge on any atom is 0.186 e. The van der Waals surface area contributed by atoms with Crippen molar-refractivity contribution in [2.75, 3.05) is 0 Å². The van der Waals surface area contributed by atoms with Crippen LogP contribution in [-0.2, 0) is 0 Å². The average Bonchev–Trinajstić information content (AvgIpc) is 2.74. The van der Waals surface area contributed by atoms with Crippen molar-refractivity contribution in [3.05, 3.63) is 117 Å². The smallest absolute Gasteiger partial charge is 0.186 e. The molecule has 0 atom stereocenters. The Balaban J connectivity index is 1.59. The van der Waals surface area contributed by atoms with Gasteiger partial charge >= 0.3 is 0 Å². The molecule has 0 bridgehead atoms. The maximum atomic E-state index is 12.1. The summed E-state index contributed by atoms with van der Waals surface area (Å²) in [5.74, 6) is 1.14. The fourth-order valence-corrected chi connectivity index (χ4v) is 3.15. The second-order valence-electron chi connectivity index (χ2n) is 6.39. The van der Waals surface area contributed by atoms with Crippen molar-refractivity contribution in [2.24, 2.45) is 0 Å². The normalized spacial score (nSPS) is 11.0. The molecule has 4 aromatic rings. The third-order valence-corrected chi connectivity index (χ3v) is 4.89. The van der Waals surface area contributed by atoms with Crippen molar-refractivity contribution in [2.45, 2.75) is 0 Å². The first kappa shape index (κ1) is 18.2. The zero-order valence-corrected chi connectivity index (χ0v) is 16.6. The third-order valence-electron chi connectivity index (χ3n) is 4.36. The highest BCUT2D eigenvalue weighted by Crippen LogP contribution is 2.25. The lowest BCUT2D eigenvalue weighted by Crippen LogP contribution is -1.98. The topological polar surface area (TPSA) is 30.2 Å². The van der Waals surface area contributed by atoms with E-state index in [0.717, 1.165) is 26.7 Å². The minimum atomic E-state index is -0.0701. The van der Waals surface area contributed by atoms with Crippen LogP contribution >= 0.6 is 15.9 Å². The first-order valence-corrected chi connectivity index (χ1v) is 9.71. The van der Waals surface area contributed by atoms with Crippen LogP contribution in [0.3, 0.4) is 0 Å². The van der Waals surface area contributed by atoms with Gasteiger partial charge in [-0.3, -0.25) is 4.79 Å². The molecule has 0 aliphatic rings. The average molecular weight is 429 g/mol. The predicted octanol–water partition coefficient (Wildman–Crippen LogP) is 6.91. The molecular formula is C25H17BrO2. The molecule has 0 radical (unpaired) electrons. The van der Waals surface area contributed by atoms with Crippen LogP contribution in [0.4, 0.5) is 0 Å². The standard InChI is InChI=1S/C25H17BrO2/c26-22-14-10-19(11-15-22)7-6-18-8-12-21(13-9-18)25-17-23(27)16-24(28-25)20-4-2-1-3-5-20/h1-17H/b7-6+. The summed E-state index contributed by atoms with van der Waals surface area (Å²) in [5.41, 5.74) is 3.90. The molecule has 0 spiro atoms. The van der Waals surface area contributed by atoms with Crippen LogP contribution in [0.5, 0.6) is 0 Å². The molecule has 1 aromatic heterocycles. The lowest BCUT2D eigenvalue weighted by atomic mass is 10.1. The van der Waals surface area contributed by atoms with Crippen LogP contribution in [0, 0.1) is 0 Å². The quantitative estimate of drug-likeness (QED) is 0.330. The monoisotopic (exact) mass is 428 g/mol. The molecule has 1 heterocycles.